The number of carbonyl (C=O) groups is 1. The molecule has 0 saturated carbocycles. The third-order valence-electron chi connectivity index (χ3n) is 5.99. The Hall–Kier alpha value is -2.05. The molecule has 0 radical (unpaired) electrons. The molecule has 33 heavy (non-hydrogen) atoms. The fourth-order valence-corrected chi connectivity index (χ4v) is 5.39. The number of halogens is 2. The lowest BCUT2D eigenvalue weighted by Gasteiger charge is -2.24. The Morgan fingerprint density at radius 1 is 0.939 bits per heavy atom. The van der Waals surface area contributed by atoms with Crippen LogP contribution in [0.25, 0.3) is 11.1 Å². The molecule has 1 amide bonds. The van der Waals surface area contributed by atoms with Crippen molar-refractivity contribution < 1.29 is 4.79 Å². The fourth-order valence-electron chi connectivity index (χ4n) is 4.19. The molecule has 1 fully saturated rings. The van der Waals surface area contributed by atoms with Gasteiger partial charge in [-0.15, -0.1) is 0 Å². The molecule has 1 N–H and O–H groups in total. The highest BCUT2D eigenvalue weighted by atomic mass is 35.5. The van der Waals surface area contributed by atoms with E-state index in [0.717, 1.165) is 63.4 Å². The Morgan fingerprint density at radius 3 is 2.55 bits per heavy atom. The van der Waals surface area contributed by atoms with E-state index >= 15 is 0 Å². The minimum absolute atomic E-state index is 0.0812. The molecule has 1 aromatic heterocycles. The van der Waals surface area contributed by atoms with Crippen molar-refractivity contribution in [1.29, 1.82) is 0 Å². The molecule has 4 nitrogen and oxygen atoms in total. The van der Waals surface area contributed by atoms with Crippen LogP contribution < -0.4 is 10.2 Å². The van der Waals surface area contributed by atoms with Crippen LogP contribution in [0.1, 0.15) is 25.7 Å². The zero-order valence-corrected chi connectivity index (χ0v) is 20.9. The minimum Gasteiger partial charge on any atom is -0.369 e. The highest BCUT2D eigenvalue weighted by Crippen LogP contribution is 2.29. The van der Waals surface area contributed by atoms with E-state index in [1.807, 2.05) is 30.3 Å². The van der Waals surface area contributed by atoms with E-state index in [0.29, 0.717) is 16.5 Å². The summed E-state index contributed by atoms with van der Waals surface area (Å²) in [5, 5.41) is 8.59. The molecule has 4 rings (SSSR count). The maximum Gasteiger partial charge on any atom is 0.224 e. The van der Waals surface area contributed by atoms with Gasteiger partial charge in [-0.1, -0.05) is 35.3 Å². The van der Waals surface area contributed by atoms with Crippen molar-refractivity contribution in [2.24, 2.45) is 0 Å². The largest absolute Gasteiger partial charge is 0.369 e. The van der Waals surface area contributed by atoms with E-state index in [9.17, 15) is 4.79 Å². The van der Waals surface area contributed by atoms with Crippen LogP contribution in [0.5, 0.6) is 0 Å². The lowest BCUT2D eigenvalue weighted by Crippen LogP contribution is -2.31. The van der Waals surface area contributed by atoms with Crippen LogP contribution in [-0.2, 0) is 4.79 Å². The number of rotatable bonds is 8. The summed E-state index contributed by atoms with van der Waals surface area (Å²) < 4.78 is 0. The summed E-state index contributed by atoms with van der Waals surface area (Å²) in [4.78, 5) is 17.2. The van der Waals surface area contributed by atoms with Gasteiger partial charge in [0.05, 0.1) is 10.7 Å². The molecule has 0 bridgehead atoms. The average molecular weight is 503 g/mol. The van der Waals surface area contributed by atoms with Gasteiger partial charge in [-0.2, -0.15) is 11.3 Å². The van der Waals surface area contributed by atoms with Crippen molar-refractivity contribution in [1.82, 2.24) is 4.90 Å². The molecule has 7 heteroatoms. The second-order valence-corrected chi connectivity index (χ2v) is 10.00. The molecule has 2 heterocycles. The van der Waals surface area contributed by atoms with E-state index in [4.69, 9.17) is 23.2 Å². The van der Waals surface area contributed by atoms with Gasteiger partial charge in [0.15, 0.2) is 0 Å². The first-order valence-corrected chi connectivity index (χ1v) is 13.1. The smallest absolute Gasteiger partial charge is 0.224 e. The van der Waals surface area contributed by atoms with Crippen LogP contribution in [0.4, 0.5) is 11.4 Å². The van der Waals surface area contributed by atoms with Crippen LogP contribution in [0.3, 0.4) is 0 Å². The Bertz CT molecular complexity index is 1040. The second-order valence-electron chi connectivity index (χ2n) is 8.37. The monoisotopic (exact) mass is 501 g/mol. The van der Waals surface area contributed by atoms with Crippen molar-refractivity contribution >= 4 is 51.8 Å². The Kier molecular flexibility index (Phi) is 8.68. The highest BCUT2D eigenvalue weighted by molar-refractivity contribution is 7.08. The highest BCUT2D eigenvalue weighted by Gasteiger charge is 2.17. The van der Waals surface area contributed by atoms with Gasteiger partial charge < -0.3 is 15.1 Å². The summed E-state index contributed by atoms with van der Waals surface area (Å²) in [6.07, 6.45) is 3.56. The first-order chi connectivity index (χ1) is 16.1. The number of nitrogens with zero attached hydrogens (tertiary/aromatic N) is 2. The quantitative estimate of drug-likeness (QED) is 0.336. The molecular weight excluding hydrogens is 473 g/mol. The summed E-state index contributed by atoms with van der Waals surface area (Å²) >= 11 is 14.1. The van der Waals surface area contributed by atoms with E-state index < -0.39 is 0 Å². The van der Waals surface area contributed by atoms with Gasteiger partial charge in [0.25, 0.3) is 0 Å². The van der Waals surface area contributed by atoms with Gasteiger partial charge in [-0.05, 0) is 90.6 Å². The van der Waals surface area contributed by atoms with Gasteiger partial charge in [-0.3, -0.25) is 4.79 Å². The lowest BCUT2D eigenvalue weighted by molar-refractivity contribution is -0.116. The first kappa shape index (κ1) is 24.1. The van der Waals surface area contributed by atoms with Gasteiger partial charge in [0.1, 0.15) is 0 Å². The van der Waals surface area contributed by atoms with Crippen molar-refractivity contribution in [3.63, 3.8) is 0 Å². The maximum absolute atomic E-state index is 12.3. The number of carbonyl (C=O) groups excluding carboxylic acids is 1. The number of unbranched alkanes of at least 4 members (excludes halogenated alkanes) is 1. The molecular formula is C26H29Cl2N3OS. The third-order valence-corrected chi connectivity index (χ3v) is 7.21. The summed E-state index contributed by atoms with van der Waals surface area (Å²) in [6, 6.07) is 15.9. The number of hydrogen-bond acceptors (Lipinski definition) is 4. The molecule has 1 aliphatic rings. The van der Waals surface area contributed by atoms with Gasteiger partial charge in [-0.25, -0.2) is 0 Å². The van der Waals surface area contributed by atoms with Crippen molar-refractivity contribution in [2.75, 3.05) is 42.9 Å². The van der Waals surface area contributed by atoms with Gasteiger partial charge in [0.2, 0.25) is 5.91 Å². The number of amides is 1. The molecule has 1 aliphatic heterocycles. The number of benzene rings is 2. The molecule has 1 saturated heterocycles. The number of thiophene rings is 1. The standard InChI is InChI=1S/C26H29Cl2N3OS/c27-22-7-10-25(24(28)18-22)31-14-3-13-30(15-16-31)12-2-1-4-26(32)29-23-8-5-20(6-9-23)21-11-17-33-19-21/h5-11,17-19H,1-4,12-16H2,(H,29,32). The third kappa shape index (κ3) is 6.97. The first-order valence-electron chi connectivity index (χ1n) is 11.4. The predicted octanol–water partition coefficient (Wildman–Crippen LogP) is 7.04. The molecule has 0 aliphatic carbocycles. The summed E-state index contributed by atoms with van der Waals surface area (Å²) in [5.41, 5.74) is 4.30. The zero-order valence-electron chi connectivity index (χ0n) is 18.6. The summed E-state index contributed by atoms with van der Waals surface area (Å²) in [5.74, 6) is 0.0812. The van der Waals surface area contributed by atoms with Gasteiger partial charge >= 0.3 is 0 Å². The van der Waals surface area contributed by atoms with Crippen LogP contribution >= 0.6 is 34.5 Å². The number of anilines is 2. The normalized spacial score (nSPS) is 14.8. The molecule has 3 aromatic rings. The van der Waals surface area contributed by atoms with Crippen LogP contribution in [-0.4, -0.2) is 43.5 Å². The van der Waals surface area contributed by atoms with E-state index in [-0.39, 0.29) is 5.91 Å². The predicted molar refractivity (Wildman–Crippen MR) is 142 cm³/mol. The van der Waals surface area contributed by atoms with Crippen molar-refractivity contribution in [2.45, 2.75) is 25.7 Å². The van der Waals surface area contributed by atoms with Crippen molar-refractivity contribution in [3.05, 3.63) is 69.3 Å². The van der Waals surface area contributed by atoms with E-state index in [2.05, 4.69) is 44.1 Å². The summed E-state index contributed by atoms with van der Waals surface area (Å²) in [7, 11) is 0. The Morgan fingerprint density at radius 2 is 1.79 bits per heavy atom. The lowest BCUT2D eigenvalue weighted by atomic mass is 10.1. The minimum atomic E-state index is 0.0812. The average Bonchev–Trinajstić information content (AvgIpc) is 3.24. The zero-order chi connectivity index (χ0) is 23.0. The molecule has 2 aromatic carbocycles. The van der Waals surface area contributed by atoms with E-state index in [1.165, 1.54) is 11.1 Å². The SMILES string of the molecule is O=C(CCCCN1CCCN(c2ccc(Cl)cc2Cl)CC1)Nc1ccc(-c2ccsc2)cc1. The van der Waals surface area contributed by atoms with Crippen LogP contribution in [0, 0.1) is 0 Å². The Labute approximate surface area is 210 Å². The fraction of sp³-hybridized carbons (Fsp3) is 0.346. The maximum atomic E-state index is 12.3. The van der Waals surface area contributed by atoms with Crippen LogP contribution in [0.15, 0.2) is 59.3 Å². The van der Waals surface area contributed by atoms with E-state index in [1.54, 1.807) is 11.3 Å². The number of nitrogens with one attached hydrogen (secondary N) is 1. The number of hydrogen-bond donors (Lipinski definition) is 1. The molecule has 0 unspecified atom stereocenters. The molecule has 0 spiro atoms. The molecule has 0 atom stereocenters. The Balaban J connectivity index is 1.16. The van der Waals surface area contributed by atoms with Crippen molar-refractivity contribution in [3.8, 4) is 11.1 Å². The second kappa shape index (κ2) is 11.9. The van der Waals surface area contributed by atoms with Gasteiger partial charge in [0, 0.05) is 36.8 Å². The summed E-state index contributed by atoms with van der Waals surface area (Å²) in [6.45, 7) is 5.03. The molecule has 174 valence electrons. The topological polar surface area (TPSA) is 35.6 Å². The van der Waals surface area contributed by atoms with Crippen LogP contribution in [0.2, 0.25) is 10.0 Å².